The molecule has 0 saturated carbocycles. The molecule has 0 aromatic heterocycles. The summed E-state index contributed by atoms with van der Waals surface area (Å²) in [4.78, 5) is 0. The minimum Gasteiger partial charge on any atom is -0.396 e. The lowest BCUT2D eigenvalue weighted by Crippen LogP contribution is -1.90. The Balaban J connectivity index is 0. The van der Waals surface area contributed by atoms with Crippen molar-refractivity contribution in [1.29, 1.82) is 0 Å². The summed E-state index contributed by atoms with van der Waals surface area (Å²) in [7, 11) is 0. The van der Waals surface area contributed by atoms with Crippen LogP contribution >= 0.6 is 46.4 Å². The lowest BCUT2D eigenvalue weighted by molar-refractivity contribution is 0.248. The predicted octanol–water partition coefficient (Wildman–Crippen LogP) is 3.70. The van der Waals surface area contributed by atoms with Crippen LogP contribution in [-0.4, -0.2) is 11.7 Å². The van der Waals surface area contributed by atoms with Gasteiger partial charge in [0.1, 0.15) is 8.98 Å². The molecular formula is C6H10Cl4O. The van der Waals surface area contributed by atoms with E-state index in [4.69, 9.17) is 51.5 Å². The van der Waals surface area contributed by atoms with Crippen molar-refractivity contribution in [2.24, 2.45) is 5.92 Å². The molecule has 0 bridgehead atoms. The second-order valence-corrected chi connectivity index (χ2v) is 4.00. The first-order valence-corrected chi connectivity index (χ1v) is 4.40. The van der Waals surface area contributed by atoms with E-state index < -0.39 is 0 Å². The normalized spacial score (nSPS) is 8.73. The van der Waals surface area contributed by atoms with E-state index in [1.165, 1.54) is 0 Å². The Morgan fingerprint density at radius 3 is 1.27 bits per heavy atom. The van der Waals surface area contributed by atoms with Gasteiger partial charge in [0.05, 0.1) is 0 Å². The standard InChI is InChI=1S/C4H10O.C2Cl4/c1-4(2)3-5;3-1(4)2(5)6/h4-5H,3H2,1-2H3;. The smallest absolute Gasteiger partial charge is 0.136 e. The Labute approximate surface area is 86.9 Å². The third-order valence-corrected chi connectivity index (χ3v) is 1.65. The molecule has 0 aliphatic heterocycles. The van der Waals surface area contributed by atoms with Crippen molar-refractivity contribution in [3.05, 3.63) is 8.98 Å². The molecule has 0 spiro atoms. The number of rotatable bonds is 1. The van der Waals surface area contributed by atoms with Crippen molar-refractivity contribution in [2.45, 2.75) is 13.8 Å². The third kappa shape index (κ3) is 18.1. The van der Waals surface area contributed by atoms with E-state index in [1.807, 2.05) is 13.8 Å². The highest BCUT2D eigenvalue weighted by molar-refractivity contribution is 6.67. The SMILES string of the molecule is CC(C)CO.ClC(Cl)=C(Cl)Cl. The fourth-order valence-corrected chi connectivity index (χ4v) is 0. The zero-order chi connectivity index (χ0) is 9.44. The first-order chi connectivity index (χ1) is 4.91. The molecule has 1 nitrogen and oxygen atoms in total. The Kier molecular flexibility index (Phi) is 11.7. The molecule has 5 heteroatoms. The van der Waals surface area contributed by atoms with E-state index in [2.05, 4.69) is 0 Å². The van der Waals surface area contributed by atoms with Crippen molar-refractivity contribution >= 4 is 46.4 Å². The number of hydrogen-bond acceptors (Lipinski definition) is 1. The first kappa shape index (κ1) is 14.4. The molecule has 0 heterocycles. The molecule has 0 atom stereocenters. The minimum absolute atomic E-state index is 0.0988. The summed E-state index contributed by atoms with van der Waals surface area (Å²) in [5, 5.41) is 8.14. The highest BCUT2D eigenvalue weighted by Crippen LogP contribution is 2.20. The predicted molar refractivity (Wildman–Crippen MR) is 52.4 cm³/mol. The molecule has 0 aromatic rings. The van der Waals surface area contributed by atoms with E-state index in [-0.39, 0.29) is 8.98 Å². The van der Waals surface area contributed by atoms with Crippen LogP contribution in [-0.2, 0) is 0 Å². The fourth-order valence-electron chi connectivity index (χ4n) is 0. The maximum absolute atomic E-state index is 8.14. The van der Waals surface area contributed by atoms with Crippen molar-refractivity contribution in [3.63, 3.8) is 0 Å². The lowest BCUT2D eigenvalue weighted by Gasteiger charge is -1.90. The Morgan fingerprint density at radius 1 is 1.09 bits per heavy atom. The van der Waals surface area contributed by atoms with Crippen LogP contribution in [0.2, 0.25) is 0 Å². The Morgan fingerprint density at radius 2 is 1.27 bits per heavy atom. The monoisotopic (exact) mass is 238 g/mol. The maximum atomic E-state index is 8.14. The van der Waals surface area contributed by atoms with Gasteiger partial charge in [-0.05, 0) is 5.92 Å². The number of aliphatic hydroxyl groups excluding tert-OH is 1. The number of halogens is 4. The average molecular weight is 240 g/mol. The second-order valence-electron chi connectivity index (χ2n) is 2.10. The highest BCUT2D eigenvalue weighted by Gasteiger charge is 1.88. The summed E-state index contributed by atoms with van der Waals surface area (Å²) in [6.45, 7) is 4.25. The summed E-state index contributed by atoms with van der Waals surface area (Å²) in [6.07, 6.45) is 0. The molecule has 11 heavy (non-hydrogen) atoms. The van der Waals surface area contributed by atoms with Gasteiger partial charge < -0.3 is 5.11 Å². The van der Waals surface area contributed by atoms with Gasteiger partial charge in [-0.25, -0.2) is 0 Å². The molecule has 0 amide bonds. The van der Waals surface area contributed by atoms with Crippen LogP contribution < -0.4 is 0 Å². The Bertz CT molecular complexity index is 104. The van der Waals surface area contributed by atoms with Crippen molar-refractivity contribution < 1.29 is 5.11 Å². The topological polar surface area (TPSA) is 20.2 Å². The van der Waals surface area contributed by atoms with Crippen LogP contribution in [0.15, 0.2) is 8.98 Å². The molecule has 0 aliphatic rings. The molecule has 0 unspecified atom stereocenters. The zero-order valence-electron chi connectivity index (χ0n) is 6.24. The van der Waals surface area contributed by atoms with E-state index in [1.54, 1.807) is 0 Å². The van der Waals surface area contributed by atoms with Crippen LogP contribution in [0, 0.1) is 5.92 Å². The van der Waals surface area contributed by atoms with Gasteiger partial charge in [0, 0.05) is 6.61 Å². The molecule has 0 aliphatic carbocycles. The second kappa shape index (κ2) is 8.95. The summed E-state index contributed by atoms with van der Waals surface area (Å²) in [5.74, 6) is 0.440. The van der Waals surface area contributed by atoms with Gasteiger partial charge in [-0.3, -0.25) is 0 Å². The molecule has 0 rings (SSSR count). The van der Waals surface area contributed by atoms with E-state index in [9.17, 15) is 0 Å². The number of hydrogen-bond donors (Lipinski definition) is 1. The van der Waals surface area contributed by atoms with Gasteiger partial charge in [-0.1, -0.05) is 60.3 Å². The van der Waals surface area contributed by atoms with Crippen molar-refractivity contribution in [1.82, 2.24) is 0 Å². The molecule has 0 saturated heterocycles. The quantitative estimate of drug-likeness (QED) is 0.740. The molecule has 1 N–H and O–H groups in total. The van der Waals surface area contributed by atoms with E-state index in [0.717, 1.165) is 0 Å². The zero-order valence-corrected chi connectivity index (χ0v) is 9.27. The average Bonchev–Trinajstić information content (AvgIpc) is 1.89. The van der Waals surface area contributed by atoms with Gasteiger partial charge in [0.25, 0.3) is 0 Å². The van der Waals surface area contributed by atoms with Gasteiger partial charge in [-0.2, -0.15) is 0 Å². The summed E-state index contributed by atoms with van der Waals surface area (Å²) >= 11 is 20.0. The van der Waals surface area contributed by atoms with Gasteiger partial charge in [-0.15, -0.1) is 0 Å². The van der Waals surface area contributed by atoms with Gasteiger partial charge in [0.15, 0.2) is 0 Å². The lowest BCUT2D eigenvalue weighted by atomic mass is 10.2. The van der Waals surface area contributed by atoms with Crippen LogP contribution in [0.3, 0.4) is 0 Å². The first-order valence-electron chi connectivity index (χ1n) is 2.89. The van der Waals surface area contributed by atoms with Crippen LogP contribution in [0.25, 0.3) is 0 Å². The fraction of sp³-hybridized carbons (Fsp3) is 0.667. The Hall–Kier alpha value is 0.860. The summed E-state index contributed by atoms with van der Waals surface area (Å²) in [6, 6.07) is 0. The largest absolute Gasteiger partial charge is 0.396 e. The summed E-state index contributed by atoms with van der Waals surface area (Å²) < 4.78 is -0.198. The van der Waals surface area contributed by atoms with Crippen molar-refractivity contribution in [2.75, 3.05) is 6.61 Å². The van der Waals surface area contributed by atoms with Crippen LogP contribution in [0.4, 0.5) is 0 Å². The maximum Gasteiger partial charge on any atom is 0.136 e. The number of aliphatic hydroxyl groups is 1. The van der Waals surface area contributed by atoms with Crippen LogP contribution in [0.1, 0.15) is 13.8 Å². The van der Waals surface area contributed by atoms with Crippen molar-refractivity contribution in [3.8, 4) is 0 Å². The molecule has 0 radical (unpaired) electrons. The van der Waals surface area contributed by atoms with E-state index >= 15 is 0 Å². The molecule has 0 aromatic carbocycles. The van der Waals surface area contributed by atoms with Gasteiger partial charge >= 0.3 is 0 Å². The summed E-state index contributed by atoms with van der Waals surface area (Å²) in [5.41, 5.74) is 0. The molecular weight excluding hydrogens is 230 g/mol. The highest BCUT2D eigenvalue weighted by atomic mass is 35.5. The minimum atomic E-state index is -0.0988. The third-order valence-electron chi connectivity index (χ3n) is 0.508. The van der Waals surface area contributed by atoms with E-state index in [0.29, 0.717) is 12.5 Å². The van der Waals surface area contributed by atoms with Crippen LogP contribution in [0.5, 0.6) is 0 Å². The molecule has 0 fully saturated rings. The molecule has 68 valence electrons. The van der Waals surface area contributed by atoms with Gasteiger partial charge in [0.2, 0.25) is 0 Å².